The van der Waals surface area contributed by atoms with E-state index in [1.807, 2.05) is 13.0 Å². The summed E-state index contributed by atoms with van der Waals surface area (Å²) in [6, 6.07) is 10.5. The number of piperidine rings is 1. The third-order valence-corrected chi connectivity index (χ3v) is 7.11. The standard InChI is InChI=1S/C24H30N4OS/c1-5-28-23(29)22(16-19-15-17(2)26(4)18(19)3)30-24(28)25-20-9-11-21(12-10-20)27-13-7-6-8-14-27/h9-12,15-16H,5-8,13-14H2,1-4H3/b22-16-,25-24?. The van der Waals surface area contributed by atoms with Crippen LogP contribution in [-0.4, -0.2) is 40.2 Å². The summed E-state index contributed by atoms with van der Waals surface area (Å²) in [5.41, 5.74) is 5.59. The zero-order valence-corrected chi connectivity index (χ0v) is 19.1. The minimum Gasteiger partial charge on any atom is -0.372 e. The molecule has 3 heterocycles. The number of rotatable bonds is 4. The molecule has 0 spiro atoms. The molecule has 2 aliphatic rings. The molecule has 0 atom stereocenters. The van der Waals surface area contributed by atoms with Crippen molar-refractivity contribution in [3.8, 4) is 0 Å². The van der Waals surface area contributed by atoms with Crippen LogP contribution < -0.4 is 4.90 Å². The first kappa shape index (κ1) is 20.8. The Bertz CT molecular complexity index is 997. The highest BCUT2D eigenvalue weighted by atomic mass is 32.2. The molecule has 2 aromatic rings. The highest BCUT2D eigenvalue weighted by molar-refractivity contribution is 8.18. The van der Waals surface area contributed by atoms with Crippen molar-refractivity contribution in [3.05, 3.63) is 52.2 Å². The smallest absolute Gasteiger partial charge is 0.266 e. The van der Waals surface area contributed by atoms with E-state index in [2.05, 4.69) is 60.7 Å². The number of nitrogens with zero attached hydrogens (tertiary/aromatic N) is 4. The molecule has 0 saturated carbocycles. The fourth-order valence-corrected chi connectivity index (χ4v) is 5.10. The lowest BCUT2D eigenvalue weighted by Crippen LogP contribution is -2.29. The van der Waals surface area contributed by atoms with Gasteiger partial charge in [0.15, 0.2) is 5.17 Å². The zero-order valence-electron chi connectivity index (χ0n) is 18.3. The van der Waals surface area contributed by atoms with Gasteiger partial charge in [-0.1, -0.05) is 0 Å². The fourth-order valence-electron chi connectivity index (χ4n) is 4.04. The van der Waals surface area contributed by atoms with E-state index in [1.165, 1.54) is 42.4 Å². The van der Waals surface area contributed by atoms with E-state index in [-0.39, 0.29) is 5.91 Å². The van der Waals surface area contributed by atoms with E-state index in [0.717, 1.165) is 40.1 Å². The molecule has 6 heteroatoms. The molecule has 0 bridgehead atoms. The van der Waals surface area contributed by atoms with Crippen LogP contribution in [0.4, 0.5) is 11.4 Å². The minimum atomic E-state index is 0.0343. The average Bonchev–Trinajstić information content (AvgIpc) is 3.19. The normalized spacial score (nSPS) is 20.1. The van der Waals surface area contributed by atoms with Crippen LogP contribution in [0.2, 0.25) is 0 Å². The van der Waals surface area contributed by atoms with Crippen LogP contribution in [-0.2, 0) is 11.8 Å². The molecule has 2 aliphatic heterocycles. The molecule has 30 heavy (non-hydrogen) atoms. The molecule has 0 radical (unpaired) electrons. The molecule has 2 fully saturated rings. The first-order valence-electron chi connectivity index (χ1n) is 10.8. The number of hydrogen-bond donors (Lipinski definition) is 0. The number of hydrogen-bond acceptors (Lipinski definition) is 4. The molecule has 0 unspecified atom stereocenters. The number of aliphatic imine (C=N–C) groups is 1. The number of aryl methyl sites for hydroxylation is 1. The Morgan fingerprint density at radius 3 is 2.40 bits per heavy atom. The number of amidine groups is 1. The Hall–Kier alpha value is -2.47. The second-order valence-corrected chi connectivity index (χ2v) is 9.01. The highest BCUT2D eigenvalue weighted by Crippen LogP contribution is 2.35. The van der Waals surface area contributed by atoms with E-state index < -0.39 is 0 Å². The van der Waals surface area contributed by atoms with E-state index in [1.54, 1.807) is 4.90 Å². The molecular formula is C24H30N4OS. The van der Waals surface area contributed by atoms with Crippen LogP contribution >= 0.6 is 11.8 Å². The molecule has 2 saturated heterocycles. The van der Waals surface area contributed by atoms with Gasteiger partial charge >= 0.3 is 0 Å². The maximum Gasteiger partial charge on any atom is 0.266 e. The molecule has 1 aromatic heterocycles. The molecular weight excluding hydrogens is 392 g/mol. The Labute approximate surface area is 183 Å². The van der Waals surface area contributed by atoms with Crippen molar-refractivity contribution < 1.29 is 4.79 Å². The zero-order chi connectivity index (χ0) is 21.3. The summed E-state index contributed by atoms with van der Waals surface area (Å²) in [4.78, 5) is 22.7. The molecule has 158 valence electrons. The van der Waals surface area contributed by atoms with Gasteiger partial charge in [-0.2, -0.15) is 0 Å². The number of carbonyl (C=O) groups excluding carboxylic acids is 1. The van der Waals surface area contributed by atoms with Gasteiger partial charge < -0.3 is 9.47 Å². The summed E-state index contributed by atoms with van der Waals surface area (Å²) in [6.45, 7) is 9.04. The van der Waals surface area contributed by atoms with E-state index in [4.69, 9.17) is 4.99 Å². The highest BCUT2D eigenvalue weighted by Gasteiger charge is 2.32. The Balaban J connectivity index is 1.57. The van der Waals surface area contributed by atoms with Gasteiger partial charge in [-0.05, 0) is 93.8 Å². The van der Waals surface area contributed by atoms with Gasteiger partial charge in [0.2, 0.25) is 0 Å². The van der Waals surface area contributed by atoms with Crippen molar-refractivity contribution in [2.24, 2.45) is 12.0 Å². The van der Waals surface area contributed by atoms with Crippen molar-refractivity contribution >= 4 is 40.3 Å². The second kappa shape index (κ2) is 8.72. The van der Waals surface area contributed by atoms with Crippen LogP contribution in [0.3, 0.4) is 0 Å². The third kappa shape index (κ3) is 4.06. The Kier molecular flexibility index (Phi) is 6.04. The molecule has 4 rings (SSSR count). The van der Waals surface area contributed by atoms with Crippen LogP contribution in [0.25, 0.3) is 6.08 Å². The topological polar surface area (TPSA) is 40.8 Å². The van der Waals surface area contributed by atoms with Crippen LogP contribution in [0.5, 0.6) is 0 Å². The van der Waals surface area contributed by atoms with E-state index in [9.17, 15) is 4.79 Å². The number of likely N-dealkylation sites (N-methyl/N-ethyl adjacent to an activating group) is 1. The van der Waals surface area contributed by atoms with Gasteiger partial charge in [-0.25, -0.2) is 4.99 Å². The first-order chi connectivity index (χ1) is 14.5. The minimum absolute atomic E-state index is 0.0343. The predicted octanol–water partition coefficient (Wildman–Crippen LogP) is 5.26. The summed E-state index contributed by atoms with van der Waals surface area (Å²) < 4.78 is 2.15. The quantitative estimate of drug-likeness (QED) is 0.632. The summed E-state index contributed by atoms with van der Waals surface area (Å²) >= 11 is 1.47. The molecule has 1 aromatic carbocycles. The molecule has 0 aliphatic carbocycles. The van der Waals surface area contributed by atoms with Crippen molar-refractivity contribution in [3.63, 3.8) is 0 Å². The van der Waals surface area contributed by atoms with Crippen molar-refractivity contribution in [2.75, 3.05) is 24.5 Å². The largest absolute Gasteiger partial charge is 0.372 e. The van der Waals surface area contributed by atoms with Gasteiger partial charge in [-0.3, -0.25) is 9.69 Å². The Morgan fingerprint density at radius 1 is 1.10 bits per heavy atom. The number of benzene rings is 1. The van der Waals surface area contributed by atoms with E-state index >= 15 is 0 Å². The molecule has 1 amide bonds. The van der Waals surface area contributed by atoms with Crippen LogP contribution in [0, 0.1) is 13.8 Å². The van der Waals surface area contributed by atoms with Gasteiger partial charge in [0.25, 0.3) is 5.91 Å². The lowest BCUT2D eigenvalue weighted by atomic mass is 10.1. The molecule has 0 N–H and O–H groups in total. The number of anilines is 1. The fraction of sp³-hybridized carbons (Fsp3) is 0.417. The summed E-state index contributed by atoms with van der Waals surface area (Å²) in [5, 5.41) is 0.754. The molecule has 5 nitrogen and oxygen atoms in total. The first-order valence-corrected chi connectivity index (χ1v) is 11.6. The average molecular weight is 423 g/mol. The summed E-state index contributed by atoms with van der Waals surface area (Å²) in [7, 11) is 2.05. The maximum atomic E-state index is 12.9. The van der Waals surface area contributed by atoms with Crippen molar-refractivity contribution in [1.82, 2.24) is 9.47 Å². The Morgan fingerprint density at radius 2 is 1.80 bits per heavy atom. The third-order valence-electron chi connectivity index (χ3n) is 6.10. The van der Waals surface area contributed by atoms with E-state index in [0.29, 0.717) is 6.54 Å². The van der Waals surface area contributed by atoms with Gasteiger partial charge in [-0.15, -0.1) is 0 Å². The second-order valence-electron chi connectivity index (χ2n) is 8.00. The predicted molar refractivity (Wildman–Crippen MR) is 127 cm³/mol. The van der Waals surface area contributed by atoms with Crippen LogP contribution in [0.15, 0.2) is 40.2 Å². The van der Waals surface area contributed by atoms with Gasteiger partial charge in [0.1, 0.15) is 0 Å². The number of carbonyl (C=O) groups is 1. The number of amides is 1. The van der Waals surface area contributed by atoms with Crippen molar-refractivity contribution in [1.29, 1.82) is 0 Å². The van der Waals surface area contributed by atoms with Gasteiger partial charge in [0, 0.05) is 43.8 Å². The number of thioether (sulfide) groups is 1. The number of aromatic nitrogens is 1. The maximum absolute atomic E-state index is 12.9. The summed E-state index contributed by atoms with van der Waals surface area (Å²) in [6.07, 6.45) is 5.87. The van der Waals surface area contributed by atoms with Gasteiger partial charge in [0.05, 0.1) is 10.6 Å². The van der Waals surface area contributed by atoms with Crippen molar-refractivity contribution in [2.45, 2.75) is 40.0 Å². The SMILES string of the molecule is CCN1C(=O)/C(=C/c2cc(C)n(C)c2C)SC1=Nc1ccc(N2CCCCC2)cc1. The van der Waals surface area contributed by atoms with Crippen LogP contribution in [0.1, 0.15) is 43.1 Å². The lowest BCUT2D eigenvalue weighted by Gasteiger charge is -2.28. The monoisotopic (exact) mass is 422 g/mol. The lowest BCUT2D eigenvalue weighted by molar-refractivity contribution is -0.122. The summed E-state index contributed by atoms with van der Waals surface area (Å²) in [5.74, 6) is 0.0343.